The fourth-order valence-electron chi connectivity index (χ4n) is 2.29. The molecule has 2 aliphatic carbocycles. The zero-order valence-corrected chi connectivity index (χ0v) is 16.5. The molecule has 4 heteroatoms. The second kappa shape index (κ2) is 5.51. The zero-order chi connectivity index (χ0) is 10.3. The molecule has 0 heterocycles. The van der Waals surface area contributed by atoms with Crippen LogP contribution in [0.1, 0.15) is 12.8 Å². The molecule has 2 rings (SSSR count). The van der Waals surface area contributed by atoms with Gasteiger partial charge in [0, 0.05) is 0 Å². The van der Waals surface area contributed by atoms with Crippen LogP contribution < -0.4 is 0 Å². The van der Waals surface area contributed by atoms with Crippen LogP contribution in [0.2, 0.25) is 9.36 Å². The van der Waals surface area contributed by atoms with Gasteiger partial charge in [0.2, 0.25) is 0 Å². The minimum atomic E-state index is -2.73. The van der Waals surface area contributed by atoms with Crippen molar-refractivity contribution in [2.45, 2.75) is 22.2 Å². The molecule has 0 atom stereocenters. The van der Waals surface area contributed by atoms with Crippen molar-refractivity contribution in [3.05, 3.63) is 43.1 Å². The maximum atomic E-state index is 2.58. The molecule has 0 bridgehead atoms. The summed E-state index contributed by atoms with van der Waals surface area (Å²) in [5.74, 6) is 0. The summed E-state index contributed by atoms with van der Waals surface area (Å²) in [5.41, 5.74) is 0. The predicted molar refractivity (Wildman–Crippen MR) is 78.4 cm³/mol. The number of hydrogen-bond acceptors (Lipinski definition) is 0. The van der Waals surface area contributed by atoms with Gasteiger partial charge < -0.3 is 0 Å². The van der Waals surface area contributed by atoms with E-state index in [4.69, 9.17) is 0 Å². The summed E-state index contributed by atoms with van der Waals surface area (Å²) < 4.78 is 8.67. The number of halogens is 2. The molecule has 0 radical (unpaired) electrons. The molecule has 2 aliphatic rings. The Kier molecular flexibility index (Phi) is 5.73. The summed E-state index contributed by atoms with van der Waals surface area (Å²) in [6.45, 7) is 2.33. The molecule has 0 saturated carbocycles. The molecule has 0 saturated heterocycles. The Morgan fingerprint density at radius 3 is 1.56 bits per heavy atom. The molecular weight excluding hydrogens is 422 g/mol. The van der Waals surface area contributed by atoms with Gasteiger partial charge in [-0.15, -0.1) is 24.8 Å². The molecule has 0 aromatic heterocycles. The summed E-state index contributed by atoms with van der Waals surface area (Å²) in [6.07, 6.45) is 16.2. The van der Waals surface area contributed by atoms with Crippen LogP contribution in [-0.4, -0.2) is 6.94 Å². The molecule has 0 amide bonds. The van der Waals surface area contributed by atoms with Gasteiger partial charge in [-0.05, 0) is 0 Å². The van der Waals surface area contributed by atoms with Gasteiger partial charge in [0.05, 0.1) is 0 Å². The second-order valence-corrected chi connectivity index (χ2v) is 46.6. The normalized spacial score (nSPS) is 18.7. The van der Waals surface area contributed by atoms with Crippen LogP contribution in [0, 0.1) is 0 Å². The molecule has 90 valence electrons. The predicted octanol–water partition coefficient (Wildman–Crippen LogP) is 3.85. The van der Waals surface area contributed by atoms with Gasteiger partial charge in [0.1, 0.15) is 0 Å². The molecule has 0 aliphatic heterocycles. The van der Waals surface area contributed by atoms with Crippen molar-refractivity contribution in [2.24, 2.45) is 0 Å². The van der Waals surface area contributed by atoms with Gasteiger partial charge in [-0.1, -0.05) is 0 Å². The summed E-state index contributed by atoms with van der Waals surface area (Å²) >= 11 is -2.73. The van der Waals surface area contributed by atoms with E-state index in [1.54, 1.807) is 6.66 Å². The standard InChI is InChI=1S/2C5H5.2CH3.2ClH.Hf.H2Si/c2*1-2-4-5-3-1;;;;;;/h2*1-3H,4H2;2*1H3;2*1H;;1H2. The number of allylic oxidation sites excluding steroid dienone is 8. The molecule has 0 nitrogen and oxygen atoms in total. The van der Waals surface area contributed by atoms with Crippen molar-refractivity contribution < 1.29 is 17.1 Å². The zero-order valence-electron chi connectivity index (χ0n) is 9.90. The Morgan fingerprint density at radius 2 is 1.31 bits per heavy atom. The summed E-state index contributed by atoms with van der Waals surface area (Å²) in [5, 5.41) is 0. The van der Waals surface area contributed by atoms with Crippen molar-refractivity contribution in [1.82, 2.24) is 0 Å². The van der Waals surface area contributed by atoms with Crippen LogP contribution in [0.25, 0.3) is 0 Å². The fourth-order valence-corrected chi connectivity index (χ4v) is 18.1. The fraction of sp³-hybridized carbons (Fsp3) is 0.333. The third kappa shape index (κ3) is 2.90. The minimum absolute atomic E-state index is 0. The molecule has 0 spiro atoms. The molecular formula is C12H20Cl2HfSi. The van der Waals surface area contributed by atoms with Crippen molar-refractivity contribution in [3.8, 4) is 0 Å². The third-order valence-electron chi connectivity index (χ3n) is 3.60. The maximum absolute atomic E-state index is 2.73. The Morgan fingerprint density at radius 1 is 0.938 bits per heavy atom. The third-order valence-corrected chi connectivity index (χ3v) is 28.5. The Labute approximate surface area is 113 Å². The van der Waals surface area contributed by atoms with Crippen molar-refractivity contribution in [1.29, 1.82) is 0 Å². The van der Waals surface area contributed by atoms with Crippen molar-refractivity contribution >= 4 is 31.8 Å². The summed E-state index contributed by atoms with van der Waals surface area (Å²) in [4.78, 5) is 0. The number of hydrogen-bond donors (Lipinski definition) is 0. The first kappa shape index (κ1) is 16.6. The monoisotopic (exact) mass is 442 g/mol. The first-order chi connectivity index (χ1) is 6.49. The Bertz CT molecular complexity index is 414. The van der Waals surface area contributed by atoms with E-state index in [1.165, 1.54) is 12.8 Å². The van der Waals surface area contributed by atoms with Crippen LogP contribution in [0.3, 0.4) is 0 Å². The quantitative estimate of drug-likeness (QED) is 0.571. The molecule has 0 unspecified atom stereocenters. The van der Waals surface area contributed by atoms with E-state index in [0.29, 0.717) is 0 Å². The molecule has 0 aromatic rings. The van der Waals surface area contributed by atoms with Crippen LogP contribution >= 0.6 is 24.8 Å². The van der Waals surface area contributed by atoms with Gasteiger partial charge >= 0.3 is 89.4 Å². The van der Waals surface area contributed by atoms with E-state index in [0.717, 1.165) is 0 Å². The SMILES string of the molecule is Cl.Cl.[CH3][Hf]([CH3])(=[SiH2])([C]1=CC=CC1)[C]1=CC=CC1. The van der Waals surface area contributed by atoms with Crippen LogP contribution in [0.4, 0.5) is 0 Å². The van der Waals surface area contributed by atoms with Gasteiger partial charge in [0.25, 0.3) is 0 Å². The molecule has 16 heavy (non-hydrogen) atoms. The molecule has 0 aromatic carbocycles. The molecule has 0 N–H and O–H groups in total. The van der Waals surface area contributed by atoms with Crippen LogP contribution in [0.5, 0.6) is 0 Å². The topological polar surface area (TPSA) is 0 Å². The number of rotatable bonds is 2. The van der Waals surface area contributed by atoms with E-state index in [2.05, 4.69) is 52.8 Å². The van der Waals surface area contributed by atoms with E-state index in [-0.39, 0.29) is 24.8 Å². The first-order valence-electron chi connectivity index (χ1n) is 5.29. The Hall–Kier alpha value is 0.627. The van der Waals surface area contributed by atoms with E-state index in [9.17, 15) is 0 Å². The van der Waals surface area contributed by atoms with Gasteiger partial charge in [-0.25, -0.2) is 0 Å². The second-order valence-electron chi connectivity index (χ2n) is 5.33. The molecule has 0 fully saturated rings. The average Bonchev–Trinajstić information content (AvgIpc) is 2.78. The van der Waals surface area contributed by atoms with E-state index >= 15 is 0 Å². The summed E-state index contributed by atoms with van der Waals surface area (Å²) in [6, 6.07) is 0. The van der Waals surface area contributed by atoms with Crippen LogP contribution in [-0.2, 0) is 17.1 Å². The van der Waals surface area contributed by atoms with Crippen molar-refractivity contribution in [3.63, 3.8) is 0 Å². The Balaban J connectivity index is 0.00000112. The summed E-state index contributed by atoms with van der Waals surface area (Å²) in [7, 11) is 0. The van der Waals surface area contributed by atoms with E-state index < -0.39 is 17.1 Å². The average molecular weight is 442 g/mol. The van der Waals surface area contributed by atoms with Gasteiger partial charge in [0.15, 0.2) is 0 Å². The van der Waals surface area contributed by atoms with Gasteiger partial charge in [-0.2, -0.15) is 0 Å². The van der Waals surface area contributed by atoms with E-state index in [1.807, 2.05) is 0 Å². The van der Waals surface area contributed by atoms with Gasteiger partial charge in [-0.3, -0.25) is 0 Å². The first-order valence-corrected chi connectivity index (χ1v) is 24.4. The van der Waals surface area contributed by atoms with Crippen LogP contribution in [0.15, 0.2) is 43.1 Å². The van der Waals surface area contributed by atoms with Crippen molar-refractivity contribution in [2.75, 3.05) is 0 Å².